The van der Waals surface area contributed by atoms with Crippen LogP contribution in [0.2, 0.25) is 0 Å². The topological polar surface area (TPSA) is 70.7 Å². The van der Waals surface area contributed by atoms with Crippen LogP contribution >= 0.6 is 0 Å². The lowest BCUT2D eigenvalue weighted by atomic mass is 9.96. The summed E-state index contributed by atoms with van der Waals surface area (Å²) in [5.41, 5.74) is 2.00. The van der Waals surface area contributed by atoms with Gasteiger partial charge in [-0.2, -0.15) is 9.61 Å². The summed E-state index contributed by atoms with van der Waals surface area (Å²) in [7, 11) is 0. The first kappa shape index (κ1) is 18.6. The van der Waals surface area contributed by atoms with Crippen LogP contribution in [0.25, 0.3) is 5.65 Å². The third kappa shape index (κ3) is 3.52. The van der Waals surface area contributed by atoms with Crippen molar-refractivity contribution in [3.63, 3.8) is 0 Å². The summed E-state index contributed by atoms with van der Waals surface area (Å²) in [4.78, 5) is 19.8. The highest BCUT2D eigenvalue weighted by atomic mass is 16.3. The maximum atomic E-state index is 12.8. The molecule has 0 radical (unpaired) electrons. The molecule has 1 aromatic carbocycles. The third-order valence-corrected chi connectivity index (χ3v) is 5.50. The second-order valence-corrected chi connectivity index (χ2v) is 8.13. The van der Waals surface area contributed by atoms with Crippen molar-refractivity contribution in [3.05, 3.63) is 59.4 Å². The van der Waals surface area contributed by atoms with Gasteiger partial charge >= 0.3 is 0 Å². The Kier molecular flexibility index (Phi) is 4.67. The standard InChI is InChI=1S/C22H26N4O2/c1-15-5-4-12-25(15)21-14-18(24-20-10-11-23-26(20)21)13-19(27)16-6-8-17(9-7-16)22(2,3)28/h6-11,14-15,28H,4-5,12-13H2,1-3H3. The highest BCUT2D eigenvalue weighted by molar-refractivity contribution is 5.97. The second kappa shape index (κ2) is 7.02. The van der Waals surface area contributed by atoms with E-state index in [2.05, 4.69) is 21.9 Å². The molecule has 3 heterocycles. The van der Waals surface area contributed by atoms with Gasteiger partial charge < -0.3 is 10.0 Å². The van der Waals surface area contributed by atoms with Gasteiger partial charge in [0, 0.05) is 30.3 Å². The van der Waals surface area contributed by atoms with Gasteiger partial charge in [0.05, 0.1) is 23.9 Å². The number of hydrogen-bond donors (Lipinski definition) is 1. The minimum absolute atomic E-state index is 0.0130. The fourth-order valence-electron chi connectivity index (χ4n) is 3.85. The van der Waals surface area contributed by atoms with E-state index in [1.165, 1.54) is 0 Å². The van der Waals surface area contributed by atoms with Gasteiger partial charge in [0.1, 0.15) is 5.82 Å². The number of nitrogens with zero attached hydrogens (tertiary/aromatic N) is 4. The molecule has 6 nitrogen and oxygen atoms in total. The molecular formula is C22H26N4O2. The lowest BCUT2D eigenvalue weighted by molar-refractivity contribution is 0.0784. The van der Waals surface area contributed by atoms with Gasteiger partial charge in [-0.15, -0.1) is 0 Å². The Morgan fingerprint density at radius 1 is 1.25 bits per heavy atom. The van der Waals surface area contributed by atoms with E-state index >= 15 is 0 Å². The van der Waals surface area contributed by atoms with Crippen molar-refractivity contribution < 1.29 is 9.90 Å². The zero-order valence-electron chi connectivity index (χ0n) is 16.6. The van der Waals surface area contributed by atoms with Gasteiger partial charge in [-0.25, -0.2) is 4.98 Å². The Hall–Kier alpha value is -2.73. The number of aliphatic hydroxyl groups is 1. The highest BCUT2D eigenvalue weighted by Crippen LogP contribution is 2.27. The molecule has 6 heteroatoms. The average Bonchev–Trinajstić information content (AvgIpc) is 3.29. The summed E-state index contributed by atoms with van der Waals surface area (Å²) in [6, 6.07) is 11.5. The van der Waals surface area contributed by atoms with E-state index in [1.807, 2.05) is 16.6 Å². The summed E-state index contributed by atoms with van der Waals surface area (Å²) in [5, 5.41) is 14.5. The predicted octanol–water partition coefficient (Wildman–Crippen LogP) is 3.37. The maximum absolute atomic E-state index is 12.8. The Balaban J connectivity index is 1.62. The summed E-state index contributed by atoms with van der Waals surface area (Å²) in [5.74, 6) is 1.01. The van der Waals surface area contributed by atoms with Crippen LogP contribution in [0.3, 0.4) is 0 Å². The van der Waals surface area contributed by atoms with Crippen molar-refractivity contribution in [2.75, 3.05) is 11.4 Å². The van der Waals surface area contributed by atoms with E-state index in [9.17, 15) is 9.90 Å². The Labute approximate surface area is 164 Å². The lowest BCUT2D eigenvalue weighted by Crippen LogP contribution is -2.29. The molecule has 0 bridgehead atoms. The van der Waals surface area contributed by atoms with E-state index in [0.29, 0.717) is 11.6 Å². The first-order valence-electron chi connectivity index (χ1n) is 9.79. The normalized spacial score (nSPS) is 17.4. The average molecular weight is 378 g/mol. The molecule has 2 aromatic heterocycles. The first-order chi connectivity index (χ1) is 13.3. The molecular weight excluding hydrogens is 352 g/mol. The number of carbonyl (C=O) groups excluding carboxylic acids is 1. The van der Waals surface area contributed by atoms with Crippen molar-refractivity contribution in [3.8, 4) is 0 Å². The third-order valence-electron chi connectivity index (χ3n) is 5.50. The monoisotopic (exact) mass is 378 g/mol. The minimum Gasteiger partial charge on any atom is -0.386 e. The first-order valence-corrected chi connectivity index (χ1v) is 9.79. The lowest BCUT2D eigenvalue weighted by Gasteiger charge is -2.24. The molecule has 0 spiro atoms. The van der Waals surface area contributed by atoms with E-state index in [4.69, 9.17) is 0 Å². The molecule has 1 atom stereocenters. The van der Waals surface area contributed by atoms with Crippen molar-refractivity contribution in [2.45, 2.75) is 51.7 Å². The number of anilines is 1. The van der Waals surface area contributed by atoms with Crippen LogP contribution in [0.4, 0.5) is 5.82 Å². The highest BCUT2D eigenvalue weighted by Gasteiger charge is 2.24. The van der Waals surface area contributed by atoms with Crippen molar-refractivity contribution >= 4 is 17.2 Å². The number of aromatic nitrogens is 3. The molecule has 0 saturated carbocycles. The molecule has 0 amide bonds. The molecule has 1 N–H and O–H groups in total. The number of fused-ring (bicyclic) bond motifs is 1. The number of ketones is 1. The summed E-state index contributed by atoms with van der Waals surface area (Å²) in [6.45, 7) is 6.68. The fourth-order valence-corrected chi connectivity index (χ4v) is 3.85. The number of benzene rings is 1. The second-order valence-electron chi connectivity index (χ2n) is 8.13. The van der Waals surface area contributed by atoms with Crippen LogP contribution in [0.15, 0.2) is 42.6 Å². The van der Waals surface area contributed by atoms with Gasteiger partial charge in [-0.3, -0.25) is 4.79 Å². The predicted molar refractivity (Wildman–Crippen MR) is 109 cm³/mol. The van der Waals surface area contributed by atoms with Gasteiger partial charge in [0.2, 0.25) is 0 Å². The quantitative estimate of drug-likeness (QED) is 0.689. The Morgan fingerprint density at radius 3 is 2.64 bits per heavy atom. The zero-order valence-corrected chi connectivity index (χ0v) is 16.6. The van der Waals surface area contributed by atoms with Gasteiger partial charge in [-0.05, 0) is 39.2 Å². The largest absolute Gasteiger partial charge is 0.386 e. The van der Waals surface area contributed by atoms with Crippen molar-refractivity contribution in [2.24, 2.45) is 0 Å². The van der Waals surface area contributed by atoms with E-state index in [1.54, 1.807) is 44.3 Å². The van der Waals surface area contributed by atoms with Crippen LogP contribution < -0.4 is 4.90 Å². The summed E-state index contributed by atoms with van der Waals surface area (Å²) < 4.78 is 1.86. The van der Waals surface area contributed by atoms with E-state index in [-0.39, 0.29) is 12.2 Å². The molecule has 1 aliphatic rings. The Morgan fingerprint density at radius 2 is 2.00 bits per heavy atom. The van der Waals surface area contributed by atoms with Crippen LogP contribution in [-0.2, 0) is 12.0 Å². The SMILES string of the molecule is CC1CCCN1c1cc(CC(=O)c2ccc(C(C)(C)O)cc2)nc2ccnn12. The van der Waals surface area contributed by atoms with Gasteiger partial charge in [0.25, 0.3) is 0 Å². The van der Waals surface area contributed by atoms with Gasteiger partial charge in [0.15, 0.2) is 11.4 Å². The molecule has 3 aromatic rings. The van der Waals surface area contributed by atoms with Crippen LogP contribution in [0.1, 0.15) is 55.2 Å². The molecule has 1 saturated heterocycles. The number of carbonyl (C=O) groups is 1. The van der Waals surface area contributed by atoms with Crippen molar-refractivity contribution in [1.29, 1.82) is 0 Å². The summed E-state index contributed by atoms with van der Waals surface area (Å²) >= 11 is 0. The smallest absolute Gasteiger partial charge is 0.168 e. The molecule has 1 aliphatic heterocycles. The number of rotatable bonds is 5. The molecule has 0 aliphatic carbocycles. The van der Waals surface area contributed by atoms with Crippen LogP contribution in [0.5, 0.6) is 0 Å². The Bertz CT molecular complexity index is 1000. The fraction of sp³-hybridized carbons (Fsp3) is 0.409. The number of hydrogen-bond acceptors (Lipinski definition) is 5. The molecule has 146 valence electrons. The van der Waals surface area contributed by atoms with Gasteiger partial charge in [-0.1, -0.05) is 24.3 Å². The molecule has 1 unspecified atom stereocenters. The van der Waals surface area contributed by atoms with E-state index < -0.39 is 5.60 Å². The maximum Gasteiger partial charge on any atom is 0.168 e. The number of Topliss-reactive ketones (excluding diaryl/α,β-unsaturated/α-hetero) is 1. The zero-order chi connectivity index (χ0) is 19.9. The molecule has 4 rings (SSSR count). The minimum atomic E-state index is -0.919. The van der Waals surface area contributed by atoms with Crippen LogP contribution in [0, 0.1) is 0 Å². The van der Waals surface area contributed by atoms with Crippen LogP contribution in [-0.4, -0.2) is 38.1 Å². The molecule has 28 heavy (non-hydrogen) atoms. The molecule has 1 fully saturated rings. The van der Waals surface area contributed by atoms with Crippen molar-refractivity contribution in [1.82, 2.24) is 14.6 Å². The van der Waals surface area contributed by atoms with E-state index in [0.717, 1.165) is 42.1 Å². The summed E-state index contributed by atoms with van der Waals surface area (Å²) in [6.07, 6.45) is 4.30.